The molecule has 0 aliphatic heterocycles. The predicted octanol–water partition coefficient (Wildman–Crippen LogP) is 4.99. The van der Waals surface area contributed by atoms with Crippen molar-refractivity contribution in [2.24, 2.45) is 11.7 Å². The van der Waals surface area contributed by atoms with Crippen LogP contribution in [0.4, 0.5) is 0 Å². The predicted molar refractivity (Wildman–Crippen MR) is 85.2 cm³/mol. The van der Waals surface area contributed by atoms with Crippen molar-refractivity contribution in [2.75, 3.05) is 5.75 Å². The molecule has 0 aromatic carbocycles. The highest BCUT2D eigenvalue weighted by Gasteiger charge is 2.17. The van der Waals surface area contributed by atoms with Crippen LogP contribution in [0.25, 0.3) is 0 Å². The molecule has 0 aromatic rings. The Hall–Kier alpha value is 0.310. The standard InChI is InChI=1S/C16H33NS/c1-3-5-9-14(4-2)12-15(17)13-18-16-10-7-6-8-11-16/h14-16H,3-13,17H2,1-2H3. The molecule has 0 radical (unpaired) electrons. The van der Waals surface area contributed by atoms with Crippen LogP contribution < -0.4 is 5.73 Å². The Morgan fingerprint density at radius 1 is 1.17 bits per heavy atom. The third kappa shape index (κ3) is 7.04. The number of thioether (sulfide) groups is 1. The van der Waals surface area contributed by atoms with E-state index in [4.69, 9.17) is 5.73 Å². The Morgan fingerprint density at radius 2 is 1.89 bits per heavy atom. The zero-order chi connectivity index (χ0) is 13.2. The van der Waals surface area contributed by atoms with Gasteiger partial charge >= 0.3 is 0 Å². The van der Waals surface area contributed by atoms with Gasteiger partial charge in [-0.25, -0.2) is 0 Å². The molecular weight excluding hydrogens is 238 g/mol. The monoisotopic (exact) mass is 271 g/mol. The molecule has 1 nitrogen and oxygen atoms in total. The van der Waals surface area contributed by atoms with E-state index in [0.29, 0.717) is 6.04 Å². The lowest BCUT2D eigenvalue weighted by Crippen LogP contribution is -2.27. The molecule has 0 amide bonds. The second-order valence-electron chi connectivity index (χ2n) is 6.01. The van der Waals surface area contributed by atoms with Crippen LogP contribution in [0.5, 0.6) is 0 Å². The van der Waals surface area contributed by atoms with Crippen LogP contribution in [0, 0.1) is 5.92 Å². The molecule has 1 fully saturated rings. The molecule has 108 valence electrons. The van der Waals surface area contributed by atoms with Gasteiger partial charge in [-0.1, -0.05) is 58.8 Å². The number of unbranched alkanes of at least 4 members (excludes halogenated alkanes) is 1. The average Bonchev–Trinajstić information content (AvgIpc) is 2.42. The third-order valence-corrected chi connectivity index (χ3v) is 5.84. The molecule has 0 bridgehead atoms. The van der Waals surface area contributed by atoms with Gasteiger partial charge in [0.2, 0.25) is 0 Å². The maximum Gasteiger partial charge on any atom is 0.0133 e. The lowest BCUT2D eigenvalue weighted by molar-refractivity contribution is 0.395. The summed E-state index contributed by atoms with van der Waals surface area (Å²) in [5.41, 5.74) is 6.32. The van der Waals surface area contributed by atoms with E-state index < -0.39 is 0 Å². The lowest BCUT2D eigenvalue weighted by Gasteiger charge is -2.24. The fourth-order valence-corrected chi connectivity index (χ4v) is 4.29. The summed E-state index contributed by atoms with van der Waals surface area (Å²) in [6.07, 6.45) is 13.9. The summed E-state index contributed by atoms with van der Waals surface area (Å²) in [5.74, 6) is 2.06. The topological polar surface area (TPSA) is 26.0 Å². The maximum absolute atomic E-state index is 6.32. The number of rotatable bonds is 9. The Labute approximate surface area is 119 Å². The minimum atomic E-state index is 0.429. The molecule has 1 saturated carbocycles. The normalized spacial score (nSPS) is 20.8. The summed E-state index contributed by atoms with van der Waals surface area (Å²) in [6.45, 7) is 4.60. The van der Waals surface area contributed by atoms with E-state index >= 15 is 0 Å². The summed E-state index contributed by atoms with van der Waals surface area (Å²) >= 11 is 2.16. The van der Waals surface area contributed by atoms with Gasteiger partial charge in [-0.2, -0.15) is 11.8 Å². The van der Waals surface area contributed by atoms with Gasteiger partial charge in [0.15, 0.2) is 0 Å². The molecule has 2 N–H and O–H groups in total. The lowest BCUT2D eigenvalue weighted by atomic mass is 9.93. The highest BCUT2D eigenvalue weighted by Crippen LogP contribution is 2.29. The van der Waals surface area contributed by atoms with Crippen molar-refractivity contribution in [3.63, 3.8) is 0 Å². The van der Waals surface area contributed by atoms with E-state index in [2.05, 4.69) is 25.6 Å². The second-order valence-corrected chi connectivity index (χ2v) is 7.34. The highest BCUT2D eigenvalue weighted by atomic mass is 32.2. The molecule has 1 aliphatic rings. The van der Waals surface area contributed by atoms with Crippen molar-refractivity contribution < 1.29 is 0 Å². The van der Waals surface area contributed by atoms with E-state index in [9.17, 15) is 0 Å². The van der Waals surface area contributed by atoms with Crippen LogP contribution in [-0.2, 0) is 0 Å². The fraction of sp³-hybridized carbons (Fsp3) is 1.00. The highest BCUT2D eigenvalue weighted by molar-refractivity contribution is 7.99. The van der Waals surface area contributed by atoms with Crippen molar-refractivity contribution >= 4 is 11.8 Å². The van der Waals surface area contributed by atoms with E-state index in [1.807, 2.05) is 0 Å². The Bertz CT molecular complexity index is 190. The summed E-state index contributed by atoms with van der Waals surface area (Å²) in [7, 11) is 0. The Kier molecular flexibility index (Phi) is 9.22. The molecule has 1 aliphatic carbocycles. The quantitative estimate of drug-likeness (QED) is 0.639. The Morgan fingerprint density at radius 3 is 2.50 bits per heavy atom. The van der Waals surface area contributed by atoms with E-state index in [1.165, 1.54) is 70.0 Å². The molecule has 2 atom stereocenters. The number of hydrogen-bond donors (Lipinski definition) is 1. The van der Waals surface area contributed by atoms with E-state index in [-0.39, 0.29) is 0 Å². The zero-order valence-corrected chi connectivity index (χ0v) is 13.3. The van der Waals surface area contributed by atoms with Crippen molar-refractivity contribution in [1.29, 1.82) is 0 Å². The van der Waals surface area contributed by atoms with Gasteiger partial charge in [0.1, 0.15) is 0 Å². The molecule has 2 unspecified atom stereocenters. The molecular formula is C16H33NS. The number of nitrogens with two attached hydrogens (primary N) is 1. The summed E-state index contributed by atoms with van der Waals surface area (Å²) in [5, 5.41) is 0.917. The maximum atomic E-state index is 6.32. The largest absolute Gasteiger partial charge is 0.327 e. The van der Waals surface area contributed by atoms with Gasteiger partial charge in [0, 0.05) is 17.0 Å². The first kappa shape index (κ1) is 16.4. The van der Waals surface area contributed by atoms with Crippen molar-refractivity contribution in [3.8, 4) is 0 Å². The van der Waals surface area contributed by atoms with Crippen molar-refractivity contribution in [3.05, 3.63) is 0 Å². The average molecular weight is 272 g/mol. The summed E-state index contributed by atoms with van der Waals surface area (Å²) < 4.78 is 0. The SMILES string of the molecule is CCCCC(CC)CC(N)CSC1CCCCC1. The molecule has 0 heterocycles. The molecule has 1 rings (SSSR count). The second kappa shape index (κ2) is 10.1. The van der Waals surface area contributed by atoms with Gasteiger partial charge in [-0.15, -0.1) is 0 Å². The summed E-state index contributed by atoms with van der Waals surface area (Å²) in [4.78, 5) is 0. The van der Waals surface area contributed by atoms with Crippen molar-refractivity contribution in [2.45, 2.75) is 89.3 Å². The first-order valence-corrected chi connectivity index (χ1v) is 9.18. The molecule has 2 heteroatoms. The van der Waals surface area contributed by atoms with Crippen LogP contribution in [0.1, 0.15) is 78.1 Å². The third-order valence-electron chi connectivity index (χ3n) is 4.28. The van der Waals surface area contributed by atoms with Gasteiger partial charge in [-0.3, -0.25) is 0 Å². The first-order chi connectivity index (χ1) is 8.76. The minimum absolute atomic E-state index is 0.429. The van der Waals surface area contributed by atoms with Gasteiger partial charge in [-0.05, 0) is 25.2 Å². The summed E-state index contributed by atoms with van der Waals surface area (Å²) in [6, 6.07) is 0.429. The molecule has 0 spiro atoms. The van der Waals surface area contributed by atoms with Crippen LogP contribution in [0.2, 0.25) is 0 Å². The van der Waals surface area contributed by atoms with E-state index in [1.54, 1.807) is 0 Å². The zero-order valence-electron chi connectivity index (χ0n) is 12.5. The van der Waals surface area contributed by atoms with E-state index in [0.717, 1.165) is 11.2 Å². The minimum Gasteiger partial charge on any atom is -0.327 e. The van der Waals surface area contributed by atoms with Crippen molar-refractivity contribution in [1.82, 2.24) is 0 Å². The van der Waals surface area contributed by atoms with Crippen LogP contribution in [0.15, 0.2) is 0 Å². The smallest absolute Gasteiger partial charge is 0.0133 e. The Balaban J connectivity index is 2.12. The van der Waals surface area contributed by atoms with Gasteiger partial charge < -0.3 is 5.73 Å². The molecule has 0 aromatic heterocycles. The van der Waals surface area contributed by atoms with Gasteiger partial charge in [0.05, 0.1) is 0 Å². The molecule has 0 saturated heterocycles. The molecule has 18 heavy (non-hydrogen) atoms. The van der Waals surface area contributed by atoms with Crippen LogP contribution in [0.3, 0.4) is 0 Å². The van der Waals surface area contributed by atoms with Crippen LogP contribution >= 0.6 is 11.8 Å². The van der Waals surface area contributed by atoms with Crippen LogP contribution in [-0.4, -0.2) is 17.0 Å². The number of hydrogen-bond acceptors (Lipinski definition) is 2. The first-order valence-electron chi connectivity index (χ1n) is 8.13. The van der Waals surface area contributed by atoms with Gasteiger partial charge in [0.25, 0.3) is 0 Å². The fourth-order valence-electron chi connectivity index (χ4n) is 2.97.